The van der Waals surface area contributed by atoms with E-state index in [1.165, 1.54) is 12.1 Å². The first-order valence-corrected chi connectivity index (χ1v) is 7.98. The van der Waals surface area contributed by atoms with E-state index in [9.17, 15) is 18.5 Å². The highest BCUT2D eigenvalue weighted by atomic mass is 32.2. The average Bonchev–Trinajstić information content (AvgIpc) is 2.33. The van der Waals surface area contributed by atoms with E-state index < -0.39 is 14.8 Å². The third-order valence-electron chi connectivity index (χ3n) is 2.69. The van der Waals surface area contributed by atoms with Crippen LogP contribution in [0.5, 0.6) is 0 Å². The van der Waals surface area contributed by atoms with Crippen LogP contribution in [-0.2, 0) is 9.84 Å². The molecule has 0 unspecified atom stereocenters. The van der Waals surface area contributed by atoms with Crippen LogP contribution in [0.25, 0.3) is 0 Å². The Morgan fingerprint density at radius 2 is 2.00 bits per heavy atom. The van der Waals surface area contributed by atoms with Gasteiger partial charge in [0, 0.05) is 18.9 Å². The number of nitro groups is 1. The Kier molecular flexibility index (Phi) is 5.46. The molecule has 0 aliphatic rings. The molecule has 0 amide bonds. The topological polar surface area (TPSA) is 92.6 Å². The minimum Gasteiger partial charge on any atom is -0.379 e. The summed E-state index contributed by atoms with van der Waals surface area (Å²) in [5.41, 5.74) is 0.110. The second-order valence-corrected chi connectivity index (χ2v) is 6.81. The summed E-state index contributed by atoms with van der Waals surface area (Å²) in [4.78, 5) is 12.4. The molecule has 0 aromatic heterocycles. The van der Waals surface area contributed by atoms with Gasteiger partial charge in [-0.25, -0.2) is 8.42 Å². The fraction of sp³-hybridized carbons (Fsp3) is 0.500. The molecule has 0 heterocycles. The zero-order valence-electron chi connectivity index (χ0n) is 11.8. The summed E-state index contributed by atoms with van der Waals surface area (Å²) in [6, 6.07) is 3.89. The predicted octanol–water partition coefficient (Wildman–Crippen LogP) is 1.36. The highest BCUT2D eigenvalue weighted by molar-refractivity contribution is 7.90. The lowest BCUT2D eigenvalue weighted by molar-refractivity contribution is -0.384. The number of hydrogen-bond acceptors (Lipinski definition) is 6. The number of benzene rings is 1. The van der Waals surface area contributed by atoms with Crippen LogP contribution in [-0.4, -0.2) is 51.7 Å². The number of nitrogens with zero attached hydrogens (tertiary/aromatic N) is 2. The average molecular weight is 301 g/mol. The molecule has 0 atom stereocenters. The second kappa shape index (κ2) is 6.67. The van der Waals surface area contributed by atoms with Crippen molar-refractivity contribution < 1.29 is 13.3 Å². The number of sulfone groups is 1. The van der Waals surface area contributed by atoms with Gasteiger partial charge in [0.25, 0.3) is 5.69 Å². The molecule has 1 rings (SSSR count). The molecule has 0 radical (unpaired) electrons. The van der Waals surface area contributed by atoms with Crippen LogP contribution in [0.15, 0.2) is 23.1 Å². The maximum Gasteiger partial charge on any atom is 0.293 e. The van der Waals surface area contributed by atoms with E-state index in [4.69, 9.17) is 0 Å². The van der Waals surface area contributed by atoms with Crippen molar-refractivity contribution in [3.8, 4) is 0 Å². The molecule has 8 heteroatoms. The van der Waals surface area contributed by atoms with Crippen LogP contribution in [0, 0.1) is 10.1 Å². The third-order valence-corrected chi connectivity index (χ3v) is 3.80. The van der Waals surface area contributed by atoms with Crippen molar-refractivity contribution in [2.45, 2.75) is 11.3 Å². The molecular weight excluding hydrogens is 282 g/mol. The summed E-state index contributed by atoms with van der Waals surface area (Å²) < 4.78 is 22.8. The van der Waals surface area contributed by atoms with E-state index in [1.807, 2.05) is 19.0 Å². The molecule has 0 bridgehead atoms. The number of nitro benzene ring substituents is 1. The Bertz CT molecular complexity index is 584. The first-order chi connectivity index (χ1) is 9.21. The summed E-state index contributed by atoms with van der Waals surface area (Å²) in [5, 5.41) is 14.0. The molecule has 20 heavy (non-hydrogen) atoms. The van der Waals surface area contributed by atoms with Crippen molar-refractivity contribution in [3.05, 3.63) is 28.3 Å². The lowest BCUT2D eigenvalue weighted by Crippen LogP contribution is -2.16. The molecule has 1 aromatic carbocycles. The normalized spacial score (nSPS) is 11.6. The molecule has 112 valence electrons. The van der Waals surface area contributed by atoms with E-state index in [1.54, 1.807) is 0 Å². The van der Waals surface area contributed by atoms with E-state index >= 15 is 0 Å². The van der Waals surface area contributed by atoms with E-state index in [-0.39, 0.29) is 10.6 Å². The van der Waals surface area contributed by atoms with Crippen molar-refractivity contribution >= 4 is 21.2 Å². The van der Waals surface area contributed by atoms with Crippen LogP contribution in [0.2, 0.25) is 0 Å². The van der Waals surface area contributed by atoms with Gasteiger partial charge in [-0.15, -0.1) is 0 Å². The second-order valence-electron chi connectivity index (χ2n) is 4.79. The van der Waals surface area contributed by atoms with Gasteiger partial charge in [0.15, 0.2) is 9.84 Å². The Hall–Kier alpha value is -1.67. The minimum absolute atomic E-state index is 0.0527. The summed E-state index contributed by atoms with van der Waals surface area (Å²) in [5.74, 6) is 0. The van der Waals surface area contributed by atoms with Crippen LogP contribution >= 0.6 is 0 Å². The van der Waals surface area contributed by atoms with Crippen molar-refractivity contribution in [1.82, 2.24) is 4.90 Å². The first-order valence-electron chi connectivity index (χ1n) is 6.09. The van der Waals surface area contributed by atoms with Gasteiger partial charge in [0.2, 0.25) is 0 Å². The van der Waals surface area contributed by atoms with E-state index in [0.717, 1.165) is 25.3 Å². The molecule has 0 aliphatic heterocycles. The van der Waals surface area contributed by atoms with Gasteiger partial charge in [-0.2, -0.15) is 0 Å². The van der Waals surface area contributed by atoms with Gasteiger partial charge in [-0.05, 0) is 39.2 Å². The van der Waals surface area contributed by atoms with Gasteiger partial charge in [0.05, 0.1) is 9.82 Å². The van der Waals surface area contributed by atoms with Crippen LogP contribution in [0.1, 0.15) is 6.42 Å². The number of anilines is 1. The zero-order valence-corrected chi connectivity index (χ0v) is 12.6. The van der Waals surface area contributed by atoms with Crippen molar-refractivity contribution in [3.63, 3.8) is 0 Å². The molecule has 0 saturated carbocycles. The third kappa shape index (κ3) is 4.78. The highest BCUT2D eigenvalue weighted by Gasteiger charge is 2.18. The smallest absolute Gasteiger partial charge is 0.293 e. The lowest BCUT2D eigenvalue weighted by Gasteiger charge is -2.11. The lowest BCUT2D eigenvalue weighted by atomic mass is 10.2. The molecule has 1 N–H and O–H groups in total. The minimum atomic E-state index is -3.45. The van der Waals surface area contributed by atoms with Gasteiger partial charge in [-0.3, -0.25) is 10.1 Å². The number of rotatable bonds is 7. The Morgan fingerprint density at radius 3 is 2.50 bits per heavy atom. The van der Waals surface area contributed by atoms with E-state index in [2.05, 4.69) is 5.32 Å². The highest BCUT2D eigenvalue weighted by Crippen LogP contribution is 2.27. The largest absolute Gasteiger partial charge is 0.379 e. The van der Waals surface area contributed by atoms with Crippen molar-refractivity contribution in [2.24, 2.45) is 0 Å². The van der Waals surface area contributed by atoms with Crippen LogP contribution in [0.4, 0.5) is 11.4 Å². The predicted molar refractivity (Wildman–Crippen MR) is 77.9 cm³/mol. The SMILES string of the molecule is CN(C)CCCNc1ccc(S(C)(=O)=O)cc1[N+](=O)[O-]. The van der Waals surface area contributed by atoms with Gasteiger partial charge >= 0.3 is 0 Å². The molecule has 0 spiro atoms. The van der Waals surface area contributed by atoms with Gasteiger partial charge < -0.3 is 10.2 Å². The molecule has 0 fully saturated rings. The summed E-state index contributed by atoms with van der Waals surface area (Å²) in [6.07, 6.45) is 1.86. The zero-order chi connectivity index (χ0) is 15.3. The maximum atomic E-state index is 11.4. The summed E-state index contributed by atoms with van der Waals surface area (Å²) >= 11 is 0. The Balaban J connectivity index is 2.89. The molecule has 0 aliphatic carbocycles. The number of nitrogens with one attached hydrogen (secondary N) is 1. The van der Waals surface area contributed by atoms with Gasteiger partial charge in [-0.1, -0.05) is 0 Å². The maximum absolute atomic E-state index is 11.4. The van der Waals surface area contributed by atoms with E-state index in [0.29, 0.717) is 12.2 Å². The Morgan fingerprint density at radius 1 is 1.35 bits per heavy atom. The molecule has 7 nitrogen and oxygen atoms in total. The van der Waals surface area contributed by atoms with Crippen molar-refractivity contribution in [1.29, 1.82) is 0 Å². The monoisotopic (exact) mass is 301 g/mol. The summed E-state index contributed by atoms with van der Waals surface area (Å²) in [7, 11) is 0.445. The molecular formula is C12H19N3O4S. The summed E-state index contributed by atoms with van der Waals surface area (Å²) in [6.45, 7) is 1.44. The first kappa shape index (κ1) is 16.4. The van der Waals surface area contributed by atoms with Crippen LogP contribution in [0.3, 0.4) is 0 Å². The standard InChI is InChI=1S/C12H19N3O4S/c1-14(2)8-4-7-13-11-6-5-10(20(3,18)19)9-12(11)15(16)17/h5-6,9,13H,4,7-8H2,1-3H3. The molecule has 0 saturated heterocycles. The quantitative estimate of drug-likeness (QED) is 0.464. The Labute approximate surface area is 118 Å². The fourth-order valence-electron chi connectivity index (χ4n) is 1.66. The molecule has 1 aromatic rings. The number of hydrogen-bond donors (Lipinski definition) is 1. The van der Waals surface area contributed by atoms with Crippen molar-refractivity contribution in [2.75, 3.05) is 38.8 Å². The van der Waals surface area contributed by atoms with Gasteiger partial charge in [0.1, 0.15) is 5.69 Å². The fourth-order valence-corrected chi connectivity index (χ4v) is 2.30. The van der Waals surface area contributed by atoms with Crippen LogP contribution < -0.4 is 5.32 Å².